The zero-order valence-electron chi connectivity index (χ0n) is 12.1. The normalized spacial score (nSPS) is 27.7. The number of hydrogen-bond donors (Lipinski definition) is 1. The third kappa shape index (κ3) is 4.59. The van der Waals surface area contributed by atoms with Crippen LogP contribution in [-0.2, 0) is 6.42 Å². The number of aliphatic hydroxyl groups excluding tert-OH is 1. The van der Waals surface area contributed by atoms with Gasteiger partial charge in [-0.15, -0.1) is 0 Å². The number of aromatic nitrogens is 1. The van der Waals surface area contributed by atoms with Crippen molar-refractivity contribution in [1.29, 1.82) is 0 Å². The highest BCUT2D eigenvalue weighted by Crippen LogP contribution is 2.29. The summed E-state index contributed by atoms with van der Waals surface area (Å²) in [6.07, 6.45) is 6.04. The molecule has 0 aromatic carbocycles. The van der Waals surface area contributed by atoms with Crippen LogP contribution in [0.3, 0.4) is 0 Å². The first-order chi connectivity index (χ1) is 9.15. The Labute approximate surface area is 116 Å². The Hall–Kier alpha value is -0.930. The van der Waals surface area contributed by atoms with Crippen LogP contribution in [0.1, 0.15) is 31.9 Å². The van der Waals surface area contributed by atoms with Crippen LogP contribution in [-0.4, -0.2) is 41.2 Å². The van der Waals surface area contributed by atoms with Gasteiger partial charge in [0.25, 0.3) is 0 Å². The molecule has 0 saturated heterocycles. The molecular formula is C16H26N2O. The van der Waals surface area contributed by atoms with E-state index in [0.717, 1.165) is 44.0 Å². The van der Waals surface area contributed by atoms with E-state index in [1.165, 1.54) is 6.42 Å². The van der Waals surface area contributed by atoms with Crippen molar-refractivity contribution in [1.82, 2.24) is 9.88 Å². The van der Waals surface area contributed by atoms with Gasteiger partial charge in [-0.1, -0.05) is 13.0 Å². The quantitative estimate of drug-likeness (QED) is 0.885. The first-order valence-corrected chi connectivity index (χ1v) is 7.41. The Bertz CT molecular complexity index is 368. The molecule has 3 heteroatoms. The van der Waals surface area contributed by atoms with Gasteiger partial charge >= 0.3 is 0 Å². The summed E-state index contributed by atoms with van der Waals surface area (Å²) in [5, 5.41) is 10.1. The first kappa shape index (κ1) is 14.5. The van der Waals surface area contributed by atoms with Crippen molar-refractivity contribution in [3.05, 3.63) is 30.1 Å². The second-order valence-corrected chi connectivity index (χ2v) is 6.08. The van der Waals surface area contributed by atoms with E-state index in [1.54, 1.807) is 0 Å². The number of pyridine rings is 1. The third-order valence-electron chi connectivity index (χ3n) is 4.23. The predicted octanol–water partition coefficient (Wildman–Crippen LogP) is 2.35. The third-order valence-corrected chi connectivity index (χ3v) is 4.23. The van der Waals surface area contributed by atoms with Gasteiger partial charge in [0, 0.05) is 31.4 Å². The van der Waals surface area contributed by atoms with E-state index in [9.17, 15) is 5.11 Å². The maximum Gasteiger partial charge on any atom is 0.0580 e. The van der Waals surface area contributed by atoms with Crippen molar-refractivity contribution >= 4 is 0 Å². The molecule has 0 aliphatic heterocycles. The van der Waals surface area contributed by atoms with E-state index in [1.807, 2.05) is 18.3 Å². The summed E-state index contributed by atoms with van der Waals surface area (Å²) in [4.78, 5) is 6.68. The van der Waals surface area contributed by atoms with Crippen LogP contribution >= 0.6 is 0 Å². The second-order valence-electron chi connectivity index (χ2n) is 6.08. The van der Waals surface area contributed by atoms with E-state index < -0.39 is 0 Å². The summed E-state index contributed by atoms with van der Waals surface area (Å²) in [5.74, 6) is 1.20. The molecule has 106 valence electrons. The molecule has 1 fully saturated rings. The minimum Gasteiger partial charge on any atom is -0.393 e. The van der Waals surface area contributed by atoms with E-state index >= 15 is 0 Å². The smallest absolute Gasteiger partial charge is 0.0580 e. The van der Waals surface area contributed by atoms with Crippen LogP contribution < -0.4 is 0 Å². The van der Waals surface area contributed by atoms with Crippen molar-refractivity contribution in [3.8, 4) is 0 Å². The summed E-state index contributed by atoms with van der Waals surface area (Å²) >= 11 is 0. The molecule has 1 aromatic heterocycles. The van der Waals surface area contributed by atoms with Crippen LogP contribution in [0.25, 0.3) is 0 Å². The van der Waals surface area contributed by atoms with E-state index in [-0.39, 0.29) is 6.10 Å². The minimum absolute atomic E-state index is 0.103. The average Bonchev–Trinajstić information content (AvgIpc) is 2.42. The summed E-state index contributed by atoms with van der Waals surface area (Å²) in [5.41, 5.74) is 1.15. The fourth-order valence-electron chi connectivity index (χ4n) is 3.02. The lowest BCUT2D eigenvalue weighted by molar-refractivity contribution is 0.0351. The van der Waals surface area contributed by atoms with Gasteiger partial charge in [-0.25, -0.2) is 0 Å². The molecular weight excluding hydrogens is 236 g/mol. The maximum atomic E-state index is 10.1. The van der Waals surface area contributed by atoms with Crippen LogP contribution in [0, 0.1) is 11.8 Å². The van der Waals surface area contributed by atoms with Crippen molar-refractivity contribution in [3.63, 3.8) is 0 Å². The molecule has 3 nitrogen and oxygen atoms in total. The van der Waals surface area contributed by atoms with Crippen molar-refractivity contribution < 1.29 is 5.11 Å². The first-order valence-electron chi connectivity index (χ1n) is 7.41. The van der Waals surface area contributed by atoms with Crippen LogP contribution in [0.2, 0.25) is 0 Å². The second kappa shape index (κ2) is 7.01. The predicted molar refractivity (Wildman–Crippen MR) is 77.9 cm³/mol. The Morgan fingerprint density at radius 2 is 2.21 bits per heavy atom. The zero-order valence-corrected chi connectivity index (χ0v) is 12.1. The molecule has 2 rings (SSSR count). The molecule has 19 heavy (non-hydrogen) atoms. The standard InChI is InChI=1S/C16H26N2O/c1-13-6-7-16(19)14(11-13)12-18(2)10-8-15-5-3-4-9-17-15/h3-5,9,13-14,16,19H,6-8,10-12H2,1-2H3. The Balaban J connectivity index is 1.76. The van der Waals surface area contributed by atoms with Gasteiger partial charge in [-0.2, -0.15) is 0 Å². The number of rotatable bonds is 5. The molecule has 1 aromatic rings. The molecule has 0 spiro atoms. The van der Waals surface area contributed by atoms with Crippen molar-refractivity contribution in [2.45, 2.75) is 38.7 Å². The lowest BCUT2D eigenvalue weighted by Crippen LogP contribution is -2.37. The highest BCUT2D eigenvalue weighted by Gasteiger charge is 2.27. The van der Waals surface area contributed by atoms with Gasteiger partial charge in [0.05, 0.1) is 6.10 Å². The van der Waals surface area contributed by atoms with Gasteiger partial charge in [0.15, 0.2) is 0 Å². The lowest BCUT2D eigenvalue weighted by atomic mass is 9.80. The van der Waals surface area contributed by atoms with Gasteiger partial charge in [0.1, 0.15) is 0 Å². The molecule has 1 saturated carbocycles. The van der Waals surface area contributed by atoms with Gasteiger partial charge in [-0.3, -0.25) is 4.98 Å². The van der Waals surface area contributed by atoms with Gasteiger partial charge in [0.2, 0.25) is 0 Å². The van der Waals surface area contributed by atoms with Crippen LogP contribution in [0.15, 0.2) is 24.4 Å². The fourth-order valence-corrected chi connectivity index (χ4v) is 3.02. The topological polar surface area (TPSA) is 36.4 Å². The fraction of sp³-hybridized carbons (Fsp3) is 0.688. The molecule has 1 heterocycles. The number of likely N-dealkylation sites (N-methyl/N-ethyl adjacent to an activating group) is 1. The number of nitrogens with zero attached hydrogens (tertiary/aromatic N) is 2. The monoisotopic (exact) mass is 262 g/mol. The van der Waals surface area contributed by atoms with E-state index in [2.05, 4.69) is 29.9 Å². The molecule has 0 bridgehead atoms. The van der Waals surface area contributed by atoms with E-state index in [4.69, 9.17) is 0 Å². The van der Waals surface area contributed by atoms with E-state index in [0.29, 0.717) is 5.92 Å². The van der Waals surface area contributed by atoms with Crippen LogP contribution in [0.5, 0.6) is 0 Å². The molecule has 0 amide bonds. The zero-order chi connectivity index (χ0) is 13.7. The SMILES string of the molecule is CC1CCC(O)C(CN(C)CCc2ccccn2)C1. The van der Waals surface area contributed by atoms with Crippen molar-refractivity contribution in [2.75, 3.05) is 20.1 Å². The maximum absolute atomic E-state index is 10.1. The highest BCUT2D eigenvalue weighted by molar-refractivity contribution is 5.03. The molecule has 3 atom stereocenters. The molecule has 1 N–H and O–H groups in total. The Morgan fingerprint density at radius 3 is 2.95 bits per heavy atom. The van der Waals surface area contributed by atoms with Gasteiger partial charge in [-0.05, 0) is 50.3 Å². The number of hydrogen-bond acceptors (Lipinski definition) is 3. The Kier molecular flexibility index (Phi) is 5.34. The summed E-state index contributed by atoms with van der Waals surface area (Å²) in [6.45, 7) is 4.31. The van der Waals surface area contributed by atoms with Gasteiger partial charge < -0.3 is 10.0 Å². The largest absolute Gasteiger partial charge is 0.393 e. The molecule has 1 aliphatic rings. The summed E-state index contributed by atoms with van der Waals surface area (Å²) in [7, 11) is 2.15. The highest BCUT2D eigenvalue weighted by atomic mass is 16.3. The molecule has 3 unspecified atom stereocenters. The minimum atomic E-state index is -0.103. The average molecular weight is 262 g/mol. The van der Waals surface area contributed by atoms with Crippen LogP contribution in [0.4, 0.5) is 0 Å². The van der Waals surface area contributed by atoms with Crippen molar-refractivity contribution in [2.24, 2.45) is 11.8 Å². The molecule has 0 radical (unpaired) electrons. The molecule has 1 aliphatic carbocycles. The summed E-state index contributed by atoms with van der Waals surface area (Å²) in [6, 6.07) is 6.06. The summed E-state index contributed by atoms with van der Waals surface area (Å²) < 4.78 is 0. The lowest BCUT2D eigenvalue weighted by Gasteiger charge is -2.34. The number of aliphatic hydroxyl groups is 1. The Morgan fingerprint density at radius 1 is 1.37 bits per heavy atom.